The molecule has 188 valence electrons. The van der Waals surface area contributed by atoms with Crippen LogP contribution in [0, 0.1) is 0 Å². The molecule has 1 saturated carbocycles. The summed E-state index contributed by atoms with van der Waals surface area (Å²) in [6.45, 7) is 3.11. The monoisotopic (exact) mass is 518 g/mol. The number of nitrogens with zero attached hydrogens (tertiary/aromatic N) is 1. The predicted molar refractivity (Wildman–Crippen MR) is 137 cm³/mol. The van der Waals surface area contributed by atoms with Gasteiger partial charge in [0.05, 0.1) is 10.0 Å². The Bertz CT molecular complexity index is 1060. The Kier molecular flexibility index (Phi) is 8.79. The van der Waals surface area contributed by atoms with Gasteiger partial charge in [-0.1, -0.05) is 54.6 Å². The number of carbonyl (C=O) groups is 2. The number of hydrogen-bond donors (Lipinski definition) is 1. The van der Waals surface area contributed by atoms with Crippen molar-refractivity contribution in [2.75, 3.05) is 13.2 Å². The number of amides is 2. The maximum Gasteiger partial charge on any atom is 0.242 e. The molecular formula is C27H32Cl2N2O4. The van der Waals surface area contributed by atoms with E-state index in [1.165, 1.54) is 6.42 Å². The molecule has 1 fully saturated rings. The first kappa shape index (κ1) is 25.6. The van der Waals surface area contributed by atoms with Crippen LogP contribution in [-0.2, 0) is 22.6 Å². The van der Waals surface area contributed by atoms with Gasteiger partial charge in [-0.15, -0.1) is 0 Å². The van der Waals surface area contributed by atoms with Gasteiger partial charge in [0, 0.05) is 19.0 Å². The van der Waals surface area contributed by atoms with Crippen LogP contribution in [0.2, 0.25) is 10.0 Å². The minimum Gasteiger partial charge on any atom is -0.486 e. The van der Waals surface area contributed by atoms with E-state index in [1.54, 1.807) is 24.0 Å². The topological polar surface area (TPSA) is 67.9 Å². The average Bonchev–Trinajstić information content (AvgIpc) is 2.88. The molecule has 35 heavy (non-hydrogen) atoms. The first-order valence-corrected chi connectivity index (χ1v) is 13.1. The molecule has 2 aliphatic rings. The molecule has 0 spiro atoms. The van der Waals surface area contributed by atoms with Gasteiger partial charge in [-0.05, 0) is 61.6 Å². The highest BCUT2D eigenvalue weighted by Gasteiger charge is 2.28. The second kappa shape index (κ2) is 12.0. The van der Waals surface area contributed by atoms with E-state index in [1.807, 2.05) is 24.3 Å². The number of nitrogens with one attached hydrogen (secondary N) is 1. The largest absolute Gasteiger partial charge is 0.486 e. The van der Waals surface area contributed by atoms with Crippen molar-refractivity contribution >= 4 is 35.0 Å². The molecule has 2 amide bonds. The van der Waals surface area contributed by atoms with Crippen molar-refractivity contribution in [2.45, 2.75) is 70.5 Å². The number of aryl methyl sites for hydroxylation is 1. The minimum absolute atomic E-state index is 0.0998. The molecule has 4 rings (SSSR count). The number of fused-ring (bicyclic) bond motifs is 1. The molecule has 1 heterocycles. The summed E-state index contributed by atoms with van der Waals surface area (Å²) in [4.78, 5) is 28.2. The lowest BCUT2D eigenvalue weighted by molar-refractivity contribution is -0.141. The summed E-state index contributed by atoms with van der Waals surface area (Å²) in [6, 6.07) is 10.6. The maximum atomic E-state index is 13.4. The van der Waals surface area contributed by atoms with Gasteiger partial charge in [-0.3, -0.25) is 9.59 Å². The summed E-state index contributed by atoms with van der Waals surface area (Å²) in [5.41, 5.74) is 1.81. The number of hydrogen-bond acceptors (Lipinski definition) is 4. The fourth-order valence-corrected chi connectivity index (χ4v) is 4.94. The van der Waals surface area contributed by atoms with Gasteiger partial charge in [0.25, 0.3) is 0 Å². The summed E-state index contributed by atoms with van der Waals surface area (Å²) < 4.78 is 11.2. The molecule has 1 aliphatic heterocycles. The van der Waals surface area contributed by atoms with Crippen LogP contribution < -0.4 is 14.8 Å². The van der Waals surface area contributed by atoms with Gasteiger partial charge in [-0.2, -0.15) is 0 Å². The molecule has 0 bridgehead atoms. The molecular weight excluding hydrogens is 487 g/mol. The minimum atomic E-state index is -0.612. The molecule has 8 heteroatoms. The summed E-state index contributed by atoms with van der Waals surface area (Å²) in [5.74, 6) is 1.21. The molecule has 6 nitrogen and oxygen atoms in total. The molecule has 2 aromatic rings. The Morgan fingerprint density at radius 3 is 2.43 bits per heavy atom. The molecule has 1 N–H and O–H groups in total. The van der Waals surface area contributed by atoms with Crippen molar-refractivity contribution in [1.29, 1.82) is 0 Å². The van der Waals surface area contributed by atoms with Crippen molar-refractivity contribution in [2.24, 2.45) is 0 Å². The fraction of sp³-hybridized carbons (Fsp3) is 0.481. The standard InChI is InChI=1S/C27H32Cl2N2O4/c1-18(27(33)30-21-5-3-2-4-6-21)31(17-20-7-10-22(28)23(29)15-20)26(32)12-9-19-8-11-24-25(16-19)35-14-13-34-24/h7-8,10-11,15-16,18,21H,2-6,9,12-14,17H2,1H3,(H,30,33). The van der Waals surface area contributed by atoms with Crippen LogP contribution in [0.5, 0.6) is 11.5 Å². The lowest BCUT2D eigenvalue weighted by atomic mass is 9.95. The average molecular weight is 519 g/mol. The lowest BCUT2D eigenvalue weighted by Crippen LogP contribution is -2.50. The smallest absolute Gasteiger partial charge is 0.242 e. The Hall–Kier alpha value is -2.44. The first-order chi connectivity index (χ1) is 16.9. The molecule has 1 atom stereocenters. The van der Waals surface area contributed by atoms with Crippen LogP contribution in [0.1, 0.15) is 56.6 Å². The van der Waals surface area contributed by atoms with Crippen LogP contribution >= 0.6 is 23.2 Å². The highest BCUT2D eigenvalue weighted by Crippen LogP contribution is 2.31. The summed E-state index contributed by atoms with van der Waals surface area (Å²) >= 11 is 12.3. The van der Waals surface area contributed by atoms with E-state index in [2.05, 4.69) is 5.32 Å². The number of benzene rings is 2. The van der Waals surface area contributed by atoms with E-state index in [4.69, 9.17) is 32.7 Å². The van der Waals surface area contributed by atoms with Gasteiger partial charge in [0.1, 0.15) is 19.3 Å². The van der Waals surface area contributed by atoms with E-state index < -0.39 is 6.04 Å². The van der Waals surface area contributed by atoms with Crippen molar-refractivity contribution in [3.05, 3.63) is 57.6 Å². The maximum absolute atomic E-state index is 13.4. The SMILES string of the molecule is CC(C(=O)NC1CCCCC1)N(Cc1ccc(Cl)c(Cl)c1)C(=O)CCc1ccc2c(c1)OCCO2. The van der Waals surface area contributed by atoms with Crippen molar-refractivity contribution < 1.29 is 19.1 Å². The molecule has 0 saturated heterocycles. The van der Waals surface area contributed by atoms with E-state index in [9.17, 15) is 9.59 Å². The van der Waals surface area contributed by atoms with E-state index in [-0.39, 0.29) is 30.8 Å². The number of rotatable bonds is 8. The third-order valence-electron chi connectivity index (χ3n) is 6.69. The lowest BCUT2D eigenvalue weighted by Gasteiger charge is -2.31. The van der Waals surface area contributed by atoms with E-state index in [0.29, 0.717) is 35.4 Å². The van der Waals surface area contributed by atoms with Crippen molar-refractivity contribution in [1.82, 2.24) is 10.2 Å². The molecule has 2 aromatic carbocycles. The number of ether oxygens (including phenoxy) is 2. The van der Waals surface area contributed by atoms with Gasteiger partial charge in [-0.25, -0.2) is 0 Å². The fourth-order valence-electron chi connectivity index (χ4n) is 4.62. The van der Waals surface area contributed by atoms with Crippen LogP contribution in [0.3, 0.4) is 0 Å². The second-order valence-corrected chi connectivity index (χ2v) is 10.1. The van der Waals surface area contributed by atoms with Crippen LogP contribution in [-0.4, -0.2) is 42.0 Å². The molecule has 0 radical (unpaired) electrons. The zero-order valence-electron chi connectivity index (χ0n) is 20.0. The van der Waals surface area contributed by atoms with Gasteiger partial charge < -0.3 is 19.7 Å². The third-order valence-corrected chi connectivity index (χ3v) is 7.43. The number of halogens is 2. The number of carbonyl (C=O) groups excluding carboxylic acids is 2. The second-order valence-electron chi connectivity index (χ2n) is 9.27. The molecule has 1 unspecified atom stereocenters. The van der Waals surface area contributed by atoms with Gasteiger partial charge >= 0.3 is 0 Å². The first-order valence-electron chi connectivity index (χ1n) is 12.3. The Morgan fingerprint density at radius 2 is 1.69 bits per heavy atom. The summed E-state index contributed by atoms with van der Waals surface area (Å²) in [5, 5.41) is 4.03. The Labute approximate surface area is 216 Å². The summed E-state index contributed by atoms with van der Waals surface area (Å²) in [6.07, 6.45) is 6.24. The van der Waals surface area contributed by atoms with Gasteiger partial charge in [0.2, 0.25) is 11.8 Å². The molecule has 1 aliphatic carbocycles. The van der Waals surface area contributed by atoms with E-state index >= 15 is 0 Å². The third kappa shape index (κ3) is 6.83. The quantitative estimate of drug-likeness (QED) is 0.496. The normalized spacial score (nSPS) is 16.4. The Morgan fingerprint density at radius 1 is 0.971 bits per heavy atom. The zero-order chi connectivity index (χ0) is 24.8. The highest BCUT2D eigenvalue weighted by molar-refractivity contribution is 6.42. The van der Waals surface area contributed by atoms with Crippen LogP contribution in [0.15, 0.2) is 36.4 Å². The summed E-state index contributed by atoms with van der Waals surface area (Å²) in [7, 11) is 0. The van der Waals surface area contributed by atoms with Crippen LogP contribution in [0.4, 0.5) is 0 Å². The highest BCUT2D eigenvalue weighted by atomic mass is 35.5. The van der Waals surface area contributed by atoms with Crippen LogP contribution in [0.25, 0.3) is 0 Å². The van der Waals surface area contributed by atoms with Crippen molar-refractivity contribution in [3.8, 4) is 11.5 Å². The van der Waals surface area contributed by atoms with Crippen molar-refractivity contribution in [3.63, 3.8) is 0 Å². The predicted octanol–water partition coefficient (Wildman–Crippen LogP) is 5.56. The zero-order valence-corrected chi connectivity index (χ0v) is 21.5. The Balaban J connectivity index is 1.46. The molecule has 0 aromatic heterocycles. The van der Waals surface area contributed by atoms with E-state index in [0.717, 1.165) is 42.6 Å². The van der Waals surface area contributed by atoms with Gasteiger partial charge in [0.15, 0.2) is 11.5 Å².